The van der Waals surface area contributed by atoms with E-state index in [9.17, 15) is 4.79 Å². The molecular formula is C6H12O3. The lowest BCUT2D eigenvalue weighted by Gasteiger charge is -2.18. The number of aliphatic hydroxyl groups excluding tert-OH is 1. The molecule has 0 saturated carbocycles. The number of carbonyl (C=O) groups is 1. The molecule has 0 aromatic carbocycles. The van der Waals surface area contributed by atoms with Crippen molar-refractivity contribution in [2.45, 2.75) is 13.8 Å². The minimum atomic E-state index is -0.305. The summed E-state index contributed by atoms with van der Waals surface area (Å²) in [6.07, 6.45) is 0. The zero-order valence-corrected chi connectivity index (χ0v) is 5.76. The molecule has 1 N–H and O–H groups in total. The van der Waals surface area contributed by atoms with E-state index in [2.05, 4.69) is 4.74 Å². The average Bonchev–Trinajstić information content (AvgIpc) is 1.84. The second kappa shape index (κ2) is 3.45. The molecule has 0 aromatic rings. The second-order valence-electron chi connectivity index (χ2n) is 2.73. The van der Waals surface area contributed by atoms with Crippen molar-refractivity contribution < 1.29 is 14.6 Å². The van der Waals surface area contributed by atoms with E-state index in [0.29, 0.717) is 6.47 Å². The van der Waals surface area contributed by atoms with Gasteiger partial charge in [-0.2, -0.15) is 0 Å². The molecule has 9 heavy (non-hydrogen) atoms. The van der Waals surface area contributed by atoms with Gasteiger partial charge in [0.1, 0.15) is 0 Å². The first-order valence-electron chi connectivity index (χ1n) is 2.78. The molecule has 0 atom stereocenters. The van der Waals surface area contributed by atoms with Crippen LogP contribution in [0.3, 0.4) is 0 Å². The monoisotopic (exact) mass is 132 g/mol. The highest BCUT2D eigenvalue weighted by molar-refractivity contribution is 5.36. The topological polar surface area (TPSA) is 46.5 Å². The third kappa shape index (κ3) is 3.97. The van der Waals surface area contributed by atoms with Gasteiger partial charge in [-0.05, 0) is 0 Å². The highest BCUT2D eigenvalue weighted by Crippen LogP contribution is 2.12. The Morgan fingerprint density at radius 3 is 2.56 bits per heavy atom. The van der Waals surface area contributed by atoms with Gasteiger partial charge in [0.25, 0.3) is 6.47 Å². The van der Waals surface area contributed by atoms with Crippen molar-refractivity contribution in [2.75, 3.05) is 13.2 Å². The van der Waals surface area contributed by atoms with E-state index in [1.807, 2.05) is 13.8 Å². The minimum Gasteiger partial charge on any atom is -0.467 e. The fourth-order valence-electron chi connectivity index (χ4n) is 0.305. The zero-order valence-electron chi connectivity index (χ0n) is 5.76. The first kappa shape index (κ1) is 8.43. The summed E-state index contributed by atoms with van der Waals surface area (Å²) in [5.41, 5.74) is -0.305. The number of carbonyl (C=O) groups excluding carboxylic acids is 1. The summed E-state index contributed by atoms with van der Waals surface area (Å²) < 4.78 is 4.45. The van der Waals surface area contributed by atoms with Crippen molar-refractivity contribution in [1.29, 1.82) is 0 Å². The molecule has 0 unspecified atom stereocenters. The van der Waals surface area contributed by atoms with Gasteiger partial charge in [0.05, 0.1) is 13.2 Å². The van der Waals surface area contributed by atoms with Crippen LogP contribution in [0, 0.1) is 5.41 Å². The summed E-state index contributed by atoms with van der Waals surface area (Å²) in [6.45, 7) is 4.32. The lowest BCUT2D eigenvalue weighted by Crippen LogP contribution is -2.23. The quantitative estimate of drug-likeness (QED) is 0.555. The minimum absolute atomic E-state index is 0.0286. The standard InChI is InChI=1S/C6H12O3/c1-6(2,3-7)4-9-5-8/h5,7H,3-4H2,1-2H3. The molecule has 0 aliphatic heterocycles. The average molecular weight is 132 g/mol. The third-order valence-corrected chi connectivity index (χ3v) is 0.970. The van der Waals surface area contributed by atoms with Gasteiger partial charge in [0.15, 0.2) is 0 Å². The van der Waals surface area contributed by atoms with Gasteiger partial charge < -0.3 is 9.84 Å². The number of aliphatic hydroxyl groups is 1. The molecular weight excluding hydrogens is 120 g/mol. The highest BCUT2D eigenvalue weighted by atomic mass is 16.5. The summed E-state index contributed by atoms with van der Waals surface area (Å²) in [6, 6.07) is 0. The van der Waals surface area contributed by atoms with Crippen LogP contribution >= 0.6 is 0 Å². The third-order valence-electron chi connectivity index (χ3n) is 0.970. The summed E-state index contributed by atoms with van der Waals surface area (Å²) in [5.74, 6) is 0. The Morgan fingerprint density at radius 2 is 2.22 bits per heavy atom. The zero-order chi connectivity index (χ0) is 7.33. The molecule has 0 spiro atoms. The van der Waals surface area contributed by atoms with Gasteiger partial charge in [0, 0.05) is 5.41 Å². The largest absolute Gasteiger partial charge is 0.467 e. The van der Waals surface area contributed by atoms with E-state index in [0.717, 1.165) is 0 Å². The van der Waals surface area contributed by atoms with Crippen molar-refractivity contribution in [2.24, 2.45) is 5.41 Å². The Kier molecular flexibility index (Phi) is 3.24. The van der Waals surface area contributed by atoms with Crippen molar-refractivity contribution in [3.63, 3.8) is 0 Å². The van der Waals surface area contributed by atoms with Crippen LogP contribution in [0.1, 0.15) is 13.8 Å². The van der Waals surface area contributed by atoms with Crippen LogP contribution in [0.2, 0.25) is 0 Å². The van der Waals surface area contributed by atoms with Crippen molar-refractivity contribution in [3.05, 3.63) is 0 Å². The number of rotatable bonds is 4. The normalized spacial score (nSPS) is 11.0. The van der Waals surface area contributed by atoms with Crippen molar-refractivity contribution in [3.8, 4) is 0 Å². The fourth-order valence-corrected chi connectivity index (χ4v) is 0.305. The summed E-state index contributed by atoms with van der Waals surface area (Å²) in [5, 5.41) is 8.62. The first-order valence-corrected chi connectivity index (χ1v) is 2.78. The van der Waals surface area contributed by atoms with Crippen LogP contribution in [0.15, 0.2) is 0 Å². The van der Waals surface area contributed by atoms with Gasteiger partial charge in [-0.3, -0.25) is 4.79 Å². The maximum absolute atomic E-state index is 9.66. The van der Waals surface area contributed by atoms with Gasteiger partial charge in [-0.15, -0.1) is 0 Å². The van der Waals surface area contributed by atoms with Crippen LogP contribution in [-0.2, 0) is 9.53 Å². The SMILES string of the molecule is CC(C)(CO)COC=O. The Bertz CT molecular complexity index is 88.3. The van der Waals surface area contributed by atoms with E-state index in [1.165, 1.54) is 0 Å². The summed E-state index contributed by atoms with van der Waals surface area (Å²) >= 11 is 0. The van der Waals surface area contributed by atoms with Crippen molar-refractivity contribution >= 4 is 6.47 Å². The predicted octanol–water partition coefficient (Wildman–Crippen LogP) is 0.178. The smallest absolute Gasteiger partial charge is 0.293 e. The van der Waals surface area contributed by atoms with E-state index in [-0.39, 0.29) is 18.6 Å². The van der Waals surface area contributed by atoms with E-state index < -0.39 is 0 Å². The Morgan fingerprint density at radius 1 is 1.67 bits per heavy atom. The molecule has 0 saturated heterocycles. The molecule has 0 aliphatic rings. The fraction of sp³-hybridized carbons (Fsp3) is 0.833. The maximum Gasteiger partial charge on any atom is 0.293 e. The maximum atomic E-state index is 9.66. The van der Waals surface area contributed by atoms with Crippen LogP contribution in [-0.4, -0.2) is 24.8 Å². The van der Waals surface area contributed by atoms with Crippen LogP contribution in [0.25, 0.3) is 0 Å². The molecule has 0 radical (unpaired) electrons. The molecule has 54 valence electrons. The molecule has 3 nitrogen and oxygen atoms in total. The number of hydrogen-bond donors (Lipinski definition) is 1. The van der Waals surface area contributed by atoms with Crippen molar-refractivity contribution in [1.82, 2.24) is 0 Å². The van der Waals surface area contributed by atoms with E-state index >= 15 is 0 Å². The predicted molar refractivity (Wildman–Crippen MR) is 32.9 cm³/mol. The lowest BCUT2D eigenvalue weighted by molar-refractivity contribution is -0.132. The lowest BCUT2D eigenvalue weighted by atomic mass is 9.97. The molecule has 0 aliphatic carbocycles. The second-order valence-corrected chi connectivity index (χ2v) is 2.73. The van der Waals surface area contributed by atoms with Gasteiger partial charge in [-0.1, -0.05) is 13.8 Å². The number of hydrogen-bond acceptors (Lipinski definition) is 3. The van der Waals surface area contributed by atoms with Gasteiger partial charge in [0.2, 0.25) is 0 Å². The Hall–Kier alpha value is -0.570. The number of ether oxygens (including phenoxy) is 1. The van der Waals surface area contributed by atoms with Gasteiger partial charge >= 0.3 is 0 Å². The van der Waals surface area contributed by atoms with E-state index in [1.54, 1.807) is 0 Å². The van der Waals surface area contributed by atoms with Gasteiger partial charge in [-0.25, -0.2) is 0 Å². The Balaban J connectivity index is 3.44. The van der Waals surface area contributed by atoms with Crippen LogP contribution in [0.4, 0.5) is 0 Å². The van der Waals surface area contributed by atoms with Crippen LogP contribution < -0.4 is 0 Å². The first-order chi connectivity index (χ1) is 4.12. The summed E-state index contributed by atoms with van der Waals surface area (Å²) in [4.78, 5) is 9.66. The molecule has 0 rings (SSSR count). The molecule has 0 heterocycles. The highest BCUT2D eigenvalue weighted by Gasteiger charge is 2.16. The summed E-state index contributed by atoms with van der Waals surface area (Å²) in [7, 11) is 0. The molecule has 0 bridgehead atoms. The molecule has 0 fully saturated rings. The Labute approximate surface area is 54.6 Å². The molecule has 0 aromatic heterocycles. The molecule has 0 amide bonds. The van der Waals surface area contributed by atoms with E-state index in [4.69, 9.17) is 5.11 Å². The molecule has 3 heteroatoms. The van der Waals surface area contributed by atoms with Crippen LogP contribution in [0.5, 0.6) is 0 Å².